The van der Waals surface area contributed by atoms with E-state index in [1.54, 1.807) is 0 Å². The summed E-state index contributed by atoms with van der Waals surface area (Å²) in [6.45, 7) is 2.38. The molecular formula is C12H23NO2. The maximum atomic E-state index is 6.31. The summed E-state index contributed by atoms with van der Waals surface area (Å²) >= 11 is 0. The molecule has 1 aliphatic heterocycles. The standard InChI is InChI=1S/C12H23NO2/c13-12(6-2-1-3-7-12)10-15-11-5-4-8-14-9-11/h11H,1-10,13H2. The largest absolute Gasteiger partial charge is 0.379 e. The Labute approximate surface area is 92.3 Å². The molecule has 1 unspecified atom stereocenters. The molecule has 0 aromatic carbocycles. The predicted octanol–water partition coefficient (Wildman–Crippen LogP) is 1.84. The van der Waals surface area contributed by atoms with E-state index in [-0.39, 0.29) is 5.54 Å². The zero-order valence-corrected chi connectivity index (χ0v) is 9.54. The normalized spacial score (nSPS) is 31.4. The average molecular weight is 213 g/mol. The van der Waals surface area contributed by atoms with Crippen molar-refractivity contribution in [2.75, 3.05) is 19.8 Å². The third-order valence-electron chi connectivity index (χ3n) is 3.57. The maximum Gasteiger partial charge on any atom is 0.0810 e. The van der Waals surface area contributed by atoms with Crippen LogP contribution in [0.15, 0.2) is 0 Å². The summed E-state index contributed by atoms with van der Waals surface area (Å²) in [5.41, 5.74) is 6.26. The summed E-state index contributed by atoms with van der Waals surface area (Å²) < 4.78 is 11.3. The van der Waals surface area contributed by atoms with Gasteiger partial charge in [0, 0.05) is 12.1 Å². The van der Waals surface area contributed by atoms with Gasteiger partial charge < -0.3 is 15.2 Å². The fourth-order valence-electron chi connectivity index (χ4n) is 2.53. The van der Waals surface area contributed by atoms with Crippen molar-refractivity contribution >= 4 is 0 Å². The van der Waals surface area contributed by atoms with Crippen LogP contribution < -0.4 is 5.73 Å². The van der Waals surface area contributed by atoms with Crippen LogP contribution in [0.3, 0.4) is 0 Å². The Kier molecular flexibility index (Phi) is 4.00. The van der Waals surface area contributed by atoms with E-state index in [1.165, 1.54) is 19.3 Å². The van der Waals surface area contributed by atoms with Gasteiger partial charge in [0.15, 0.2) is 0 Å². The summed E-state index contributed by atoms with van der Waals surface area (Å²) in [4.78, 5) is 0. The molecule has 0 spiro atoms. The second kappa shape index (κ2) is 5.28. The lowest BCUT2D eigenvalue weighted by Crippen LogP contribution is -2.47. The minimum absolute atomic E-state index is 0.0459. The molecular weight excluding hydrogens is 190 g/mol. The van der Waals surface area contributed by atoms with Gasteiger partial charge in [0.2, 0.25) is 0 Å². The molecule has 0 aromatic rings. The average Bonchev–Trinajstić information content (AvgIpc) is 2.29. The van der Waals surface area contributed by atoms with Crippen LogP contribution in [0.1, 0.15) is 44.9 Å². The molecule has 2 rings (SSSR count). The van der Waals surface area contributed by atoms with Crippen LogP contribution in [0.2, 0.25) is 0 Å². The summed E-state index contributed by atoms with van der Waals surface area (Å²) in [7, 11) is 0. The first-order valence-corrected chi connectivity index (χ1v) is 6.27. The molecule has 1 atom stereocenters. The number of ether oxygens (including phenoxy) is 2. The molecule has 88 valence electrons. The monoisotopic (exact) mass is 213 g/mol. The van der Waals surface area contributed by atoms with Gasteiger partial charge in [-0.3, -0.25) is 0 Å². The first-order valence-electron chi connectivity index (χ1n) is 6.27. The van der Waals surface area contributed by atoms with Gasteiger partial charge in [0.05, 0.1) is 19.3 Å². The molecule has 3 nitrogen and oxygen atoms in total. The Bertz CT molecular complexity index is 184. The molecule has 0 amide bonds. The van der Waals surface area contributed by atoms with Gasteiger partial charge in [-0.1, -0.05) is 19.3 Å². The number of nitrogens with two attached hydrogens (primary N) is 1. The maximum absolute atomic E-state index is 6.31. The zero-order chi connectivity index (χ0) is 10.6. The third kappa shape index (κ3) is 3.44. The SMILES string of the molecule is NC1(COC2CCCOC2)CCCCC1. The Morgan fingerprint density at radius 1 is 1.20 bits per heavy atom. The lowest BCUT2D eigenvalue weighted by atomic mass is 9.83. The highest BCUT2D eigenvalue weighted by Gasteiger charge is 2.29. The van der Waals surface area contributed by atoms with Gasteiger partial charge in [-0.25, -0.2) is 0 Å². The van der Waals surface area contributed by atoms with Gasteiger partial charge in [-0.05, 0) is 25.7 Å². The number of hydrogen-bond donors (Lipinski definition) is 1. The highest BCUT2D eigenvalue weighted by atomic mass is 16.5. The van der Waals surface area contributed by atoms with Crippen LogP contribution in [0.5, 0.6) is 0 Å². The molecule has 1 heterocycles. The summed E-state index contributed by atoms with van der Waals surface area (Å²) in [5.74, 6) is 0. The number of rotatable bonds is 3. The van der Waals surface area contributed by atoms with Crippen LogP contribution >= 0.6 is 0 Å². The second-order valence-electron chi connectivity index (χ2n) is 5.07. The zero-order valence-electron chi connectivity index (χ0n) is 9.54. The molecule has 0 bridgehead atoms. The van der Waals surface area contributed by atoms with Gasteiger partial charge in [-0.15, -0.1) is 0 Å². The van der Waals surface area contributed by atoms with Crippen LogP contribution in [0, 0.1) is 0 Å². The predicted molar refractivity (Wildman–Crippen MR) is 59.8 cm³/mol. The van der Waals surface area contributed by atoms with E-state index in [4.69, 9.17) is 15.2 Å². The number of hydrogen-bond acceptors (Lipinski definition) is 3. The van der Waals surface area contributed by atoms with Gasteiger partial charge in [0.25, 0.3) is 0 Å². The van der Waals surface area contributed by atoms with E-state index in [9.17, 15) is 0 Å². The molecule has 2 aliphatic rings. The van der Waals surface area contributed by atoms with Crippen LogP contribution in [-0.4, -0.2) is 31.5 Å². The van der Waals surface area contributed by atoms with Crippen molar-refractivity contribution in [1.82, 2.24) is 0 Å². The molecule has 2 fully saturated rings. The Hall–Kier alpha value is -0.120. The summed E-state index contributed by atoms with van der Waals surface area (Å²) in [5, 5.41) is 0. The summed E-state index contributed by atoms with van der Waals surface area (Å²) in [6, 6.07) is 0. The molecule has 15 heavy (non-hydrogen) atoms. The topological polar surface area (TPSA) is 44.5 Å². The summed E-state index contributed by atoms with van der Waals surface area (Å²) in [6.07, 6.45) is 8.67. The quantitative estimate of drug-likeness (QED) is 0.778. The van der Waals surface area contributed by atoms with Crippen molar-refractivity contribution in [3.8, 4) is 0 Å². The third-order valence-corrected chi connectivity index (χ3v) is 3.57. The first-order chi connectivity index (χ1) is 7.29. The molecule has 0 aromatic heterocycles. The molecule has 1 saturated carbocycles. The Morgan fingerprint density at radius 2 is 2.00 bits per heavy atom. The van der Waals surface area contributed by atoms with Crippen molar-refractivity contribution in [2.24, 2.45) is 5.73 Å². The van der Waals surface area contributed by atoms with Crippen molar-refractivity contribution < 1.29 is 9.47 Å². The van der Waals surface area contributed by atoms with Crippen molar-refractivity contribution in [3.63, 3.8) is 0 Å². The van der Waals surface area contributed by atoms with E-state index in [1.807, 2.05) is 0 Å². The second-order valence-corrected chi connectivity index (χ2v) is 5.07. The van der Waals surface area contributed by atoms with E-state index in [0.717, 1.165) is 45.5 Å². The van der Waals surface area contributed by atoms with Crippen molar-refractivity contribution in [1.29, 1.82) is 0 Å². The molecule has 1 aliphatic carbocycles. The van der Waals surface area contributed by atoms with E-state index in [2.05, 4.69) is 0 Å². The minimum atomic E-state index is -0.0459. The Balaban J connectivity index is 1.70. The molecule has 3 heteroatoms. The van der Waals surface area contributed by atoms with E-state index in [0.29, 0.717) is 6.10 Å². The van der Waals surface area contributed by atoms with Crippen LogP contribution in [0.4, 0.5) is 0 Å². The molecule has 1 saturated heterocycles. The highest BCUT2D eigenvalue weighted by molar-refractivity contribution is 4.87. The molecule has 2 N–H and O–H groups in total. The van der Waals surface area contributed by atoms with Gasteiger partial charge in [0.1, 0.15) is 0 Å². The Morgan fingerprint density at radius 3 is 2.67 bits per heavy atom. The fourth-order valence-corrected chi connectivity index (χ4v) is 2.53. The van der Waals surface area contributed by atoms with Gasteiger partial charge >= 0.3 is 0 Å². The smallest absolute Gasteiger partial charge is 0.0810 e. The fraction of sp³-hybridized carbons (Fsp3) is 1.00. The minimum Gasteiger partial charge on any atom is -0.379 e. The van der Waals surface area contributed by atoms with Crippen molar-refractivity contribution in [2.45, 2.75) is 56.6 Å². The molecule has 0 radical (unpaired) electrons. The van der Waals surface area contributed by atoms with E-state index < -0.39 is 0 Å². The lowest BCUT2D eigenvalue weighted by molar-refractivity contribution is -0.0671. The lowest BCUT2D eigenvalue weighted by Gasteiger charge is -2.35. The first kappa shape index (κ1) is 11.4. The van der Waals surface area contributed by atoms with Crippen LogP contribution in [-0.2, 0) is 9.47 Å². The van der Waals surface area contributed by atoms with Crippen LogP contribution in [0.25, 0.3) is 0 Å². The van der Waals surface area contributed by atoms with Gasteiger partial charge in [-0.2, -0.15) is 0 Å². The van der Waals surface area contributed by atoms with E-state index >= 15 is 0 Å². The van der Waals surface area contributed by atoms with Crippen molar-refractivity contribution in [3.05, 3.63) is 0 Å². The highest BCUT2D eigenvalue weighted by Crippen LogP contribution is 2.26.